The van der Waals surface area contributed by atoms with E-state index in [0.29, 0.717) is 31.1 Å². The van der Waals surface area contributed by atoms with Crippen LogP contribution in [-0.4, -0.2) is 53.6 Å². The van der Waals surface area contributed by atoms with Crippen molar-refractivity contribution in [3.63, 3.8) is 0 Å². The summed E-state index contributed by atoms with van der Waals surface area (Å²) in [6, 6.07) is 9.48. The molecule has 3 aromatic rings. The molecule has 0 N–H and O–H groups in total. The number of rotatable bonds is 2. The number of halogens is 1. The summed E-state index contributed by atoms with van der Waals surface area (Å²) < 4.78 is 5.80. The fourth-order valence-corrected chi connectivity index (χ4v) is 4.95. The average Bonchev–Trinajstić information content (AvgIpc) is 3.17. The van der Waals surface area contributed by atoms with Gasteiger partial charge in [0.25, 0.3) is 0 Å². The van der Waals surface area contributed by atoms with Crippen molar-refractivity contribution in [2.24, 2.45) is 5.92 Å². The minimum absolute atomic E-state index is 0.149. The highest BCUT2D eigenvalue weighted by molar-refractivity contribution is 7.21. The van der Waals surface area contributed by atoms with Gasteiger partial charge in [0.05, 0.1) is 5.92 Å². The Bertz CT molecular complexity index is 999. The van der Waals surface area contributed by atoms with E-state index in [1.807, 2.05) is 35.2 Å². The van der Waals surface area contributed by atoms with Crippen LogP contribution in [0, 0.1) is 5.92 Å². The third-order valence-corrected chi connectivity index (χ3v) is 6.57. The second-order valence-corrected chi connectivity index (χ2v) is 8.49. The van der Waals surface area contributed by atoms with Crippen molar-refractivity contribution in [2.75, 3.05) is 37.7 Å². The van der Waals surface area contributed by atoms with E-state index >= 15 is 0 Å². The number of pyridine rings is 1. The van der Waals surface area contributed by atoms with E-state index in [1.165, 1.54) is 0 Å². The summed E-state index contributed by atoms with van der Waals surface area (Å²) in [5, 5.41) is 1.65. The normalized spacial score (nSPS) is 19.4. The SMILES string of the molecule is O=C(C1COc2ccc(Cl)cc2C1)N1CCN(c2nc3cccnc3s2)CC1. The van der Waals surface area contributed by atoms with Crippen LogP contribution in [0.2, 0.25) is 5.02 Å². The fraction of sp³-hybridized carbons (Fsp3) is 0.350. The fourth-order valence-electron chi connectivity index (χ4n) is 3.79. The molecule has 144 valence electrons. The summed E-state index contributed by atoms with van der Waals surface area (Å²) in [6.07, 6.45) is 2.47. The topological polar surface area (TPSA) is 58.6 Å². The minimum Gasteiger partial charge on any atom is -0.492 e. The summed E-state index contributed by atoms with van der Waals surface area (Å²) >= 11 is 7.69. The van der Waals surface area contributed by atoms with E-state index in [9.17, 15) is 4.79 Å². The second kappa shape index (κ2) is 7.22. The van der Waals surface area contributed by atoms with Crippen LogP contribution < -0.4 is 9.64 Å². The predicted molar refractivity (Wildman–Crippen MR) is 110 cm³/mol. The molecular weight excluding hydrogens is 396 g/mol. The maximum Gasteiger partial charge on any atom is 0.229 e. The highest BCUT2D eigenvalue weighted by Crippen LogP contribution is 2.31. The zero-order chi connectivity index (χ0) is 19.1. The van der Waals surface area contributed by atoms with Crippen molar-refractivity contribution in [1.29, 1.82) is 0 Å². The number of anilines is 1. The van der Waals surface area contributed by atoms with Gasteiger partial charge in [-0.1, -0.05) is 22.9 Å². The minimum atomic E-state index is -0.149. The van der Waals surface area contributed by atoms with Gasteiger partial charge in [-0.2, -0.15) is 0 Å². The molecule has 0 aliphatic carbocycles. The lowest BCUT2D eigenvalue weighted by atomic mass is 9.95. The number of hydrogen-bond acceptors (Lipinski definition) is 6. The van der Waals surface area contributed by atoms with E-state index in [0.717, 1.165) is 39.9 Å². The molecular formula is C20H19ClN4O2S. The number of benzene rings is 1. The van der Waals surface area contributed by atoms with Crippen molar-refractivity contribution in [3.05, 3.63) is 47.1 Å². The van der Waals surface area contributed by atoms with Gasteiger partial charge in [-0.05, 0) is 42.3 Å². The Morgan fingerprint density at radius 2 is 2.07 bits per heavy atom. The van der Waals surface area contributed by atoms with Crippen LogP contribution in [0.3, 0.4) is 0 Å². The van der Waals surface area contributed by atoms with Crippen LogP contribution in [-0.2, 0) is 11.2 Å². The Morgan fingerprint density at radius 1 is 1.21 bits per heavy atom. The van der Waals surface area contributed by atoms with E-state index in [-0.39, 0.29) is 11.8 Å². The summed E-state index contributed by atoms with van der Waals surface area (Å²) in [6.45, 7) is 3.38. The molecule has 1 unspecified atom stereocenters. The Kier molecular flexibility index (Phi) is 4.56. The lowest BCUT2D eigenvalue weighted by molar-refractivity contribution is -0.137. The van der Waals surface area contributed by atoms with E-state index in [2.05, 4.69) is 14.9 Å². The van der Waals surface area contributed by atoms with Gasteiger partial charge < -0.3 is 14.5 Å². The van der Waals surface area contributed by atoms with Gasteiger partial charge in [0, 0.05) is 37.4 Å². The monoisotopic (exact) mass is 414 g/mol. The lowest BCUT2D eigenvalue weighted by Gasteiger charge is -2.37. The molecule has 0 radical (unpaired) electrons. The Hall–Kier alpha value is -2.38. The van der Waals surface area contributed by atoms with Gasteiger partial charge in [0.2, 0.25) is 5.91 Å². The maximum absolute atomic E-state index is 13.0. The van der Waals surface area contributed by atoms with Gasteiger partial charge in [-0.25, -0.2) is 9.97 Å². The molecule has 1 atom stereocenters. The zero-order valence-corrected chi connectivity index (χ0v) is 16.7. The van der Waals surface area contributed by atoms with Crippen molar-refractivity contribution in [2.45, 2.75) is 6.42 Å². The van der Waals surface area contributed by atoms with Crippen molar-refractivity contribution in [3.8, 4) is 5.75 Å². The van der Waals surface area contributed by atoms with Gasteiger partial charge in [-0.3, -0.25) is 4.79 Å². The maximum atomic E-state index is 13.0. The second-order valence-electron chi connectivity index (χ2n) is 7.10. The third-order valence-electron chi connectivity index (χ3n) is 5.30. The molecule has 4 heterocycles. The first kappa shape index (κ1) is 17.7. The molecule has 28 heavy (non-hydrogen) atoms. The molecule has 8 heteroatoms. The smallest absolute Gasteiger partial charge is 0.229 e. The van der Waals surface area contributed by atoms with Gasteiger partial charge in [0.15, 0.2) is 5.13 Å². The van der Waals surface area contributed by atoms with Gasteiger partial charge >= 0.3 is 0 Å². The Balaban J connectivity index is 1.23. The molecule has 1 saturated heterocycles. The number of amides is 1. The number of carbonyl (C=O) groups excluding carboxylic acids is 1. The molecule has 1 fully saturated rings. The summed E-state index contributed by atoms with van der Waals surface area (Å²) in [5.74, 6) is 0.850. The number of nitrogens with zero attached hydrogens (tertiary/aromatic N) is 4. The quantitative estimate of drug-likeness (QED) is 0.644. The largest absolute Gasteiger partial charge is 0.492 e. The van der Waals surface area contributed by atoms with Crippen molar-refractivity contribution in [1.82, 2.24) is 14.9 Å². The third kappa shape index (κ3) is 3.29. The molecule has 0 saturated carbocycles. The lowest BCUT2D eigenvalue weighted by Crippen LogP contribution is -2.51. The Labute approximate surface area is 171 Å². The Morgan fingerprint density at radius 3 is 2.89 bits per heavy atom. The number of fused-ring (bicyclic) bond motifs is 2. The van der Waals surface area contributed by atoms with Crippen LogP contribution in [0.25, 0.3) is 10.3 Å². The molecule has 1 aromatic carbocycles. The number of aromatic nitrogens is 2. The first-order chi connectivity index (χ1) is 13.7. The summed E-state index contributed by atoms with van der Waals surface area (Å²) in [5.41, 5.74) is 1.94. The summed E-state index contributed by atoms with van der Waals surface area (Å²) in [4.78, 5) is 27.2. The van der Waals surface area contributed by atoms with Crippen LogP contribution in [0.1, 0.15) is 5.56 Å². The molecule has 5 rings (SSSR count). The number of carbonyl (C=O) groups is 1. The molecule has 0 bridgehead atoms. The first-order valence-corrected chi connectivity index (χ1v) is 10.5. The first-order valence-electron chi connectivity index (χ1n) is 9.34. The molecule has 2 aliphatic rings. The van der Waals surface area contributed by atoms with E-state index < -0.39 is 0 Å². The highest BCUT2D eigenvalue weighted by Gasteiger charge is 2.32. The van der Waals surface area contributed by atoms with Crippen LogP contribution in [0.5, 0.6) is 5.75 Å². The molecule has 6 nitrogen and oxygen atoms in total. The number of piperazine rings is 1. The molecule has 0 spiro atoms. The van der Waals surface area contributed by atoms with Crippen LogP contribution >= 0.6 is 22.9 Å². The number of thiazole rings is 1. The van der Waals surface area contributed by atoms with Crippen LogP contribution in [0.15, 0.2) is 36.5 Å². The summed E-state index contributed by atoms with van der Waals surface area (Å²) in [7, 11) is 0. The van der Waals surface area contributed by atoms with E-state index in [4.69, 9.17) is 16.3 Å². The predicted octanol–water partition coefficient (Wildman–Crippen LogP) is 3.24. The van der Waals surface area contributed by atoms with Gasteiger partial charge in [-0.15, -0.1) is 0 Å². The molecule has 1 amide bonds. The zero-order valence-electron chi connectivity index (χ0n) is 15.2. The van der Waals surface area contributed by atoms with Crippen molar-refractivity contribution < 1.29 is 9.53 Å². The number of hydrogen-bond donors (Lipinski definition) is 0. The molecule has 2 aliphatic heterocycles. The van der Waals surface area contributed by atoms with Crippen molar-refractivity contribution >= 4 is 44.3 Å². The average molecular weight is 415 g/mol. The van der Waals surface area contributed by atoms with Gasteiger partial charge in [0.1, 0.15) is 22.7 Å². The standard InChI is InChI=1S/C20H19ClN4O2S/c21-15-3-4-17-13(11-15)10-14(12-27-17)19(26)24-6-8-25(9-7-24)20-23-16-2-1-5-22-18(16)28-20/h1-5,11,14H,6-10,12H2. The van der Waals surface area contributed by atoms with Crippen LogP contribution in [0.4, 0.5) is 5.13 Å². The highest BCUT2D eigenvalue weighted by atomic mass is 35.5. The number of ether oxygens (including phenoxy) is 1. The van der Waals surface area contributed by atoms with E-state index in [1.54, 1.807) is 17.5 Å². The molecule has 2 aromatic heterocycles.